The standard InChI is InChI=1S/C19H16N4O7/c24-18(15-4-2-10-28-15)22-9-1-3-14(22)19(25)29-11-16-20-21-17(30-16)12-5-7-13(8-6-12)23(26)27/h2,4-8,10,14H,1,3,9,11H2. The Morgan fingerprint density at radius 1 is 1.23 bits per heavy atom. The molecule has 4 rings (SSSR count). The summed E-state index contributed by atoms with van der Waals surface area (Å²) in [6.07, 6.45) is 2.56. The molecular formula is C19H16N4O7. The lowest BCUT2D eigenvalue weighted by Gasteiger charge is -2.21. The van der Waals surface area contributed by atoms with E-state index >= 15 is 0 Å². The van der Waals surface area contributed by atoms with E-state index in [1.54, 1.807) is 12.1 Å². The van der Waals surface area contributed by atoms with E-state index in [9.17, 15) is 19.7 Å². The highest BCUT2D eigenvalue weighted by Gasteiger charge is 2.36. The van der Waals surface area contributed by atoms with Crippen LogP contribution >= 0.6 is 0 Å². The second-order valence-electron chi connectivity index (χ2n) is 6.55. The number of amides is 1. The maximum Gasteiger partial charge on any atom is 0.329 e. The Hall–Kier alpha value is -4.02. The molecule has 1 fully saturated rings. The quantitative estimate of drug-likeness (QED) is 0.339. The van der Waals surface area contributed by atoms with Gasteiger partial charge in [-0.2, -0.15) is 0 Å². The van der Waals surface area contributed by atoms with Gasteiger partial charge in [0.15, 0.2) is 12.4 Å². The van der Waals surface area contributed by atoms with Crippen molar-refractivity contribution < 1.29 is 28.1 Å². The van der Waals surface area contributed by atoms with Crippen LogP contribution in [-0.2, 0) is 16.1 Å². The first-order valence-electron chi connectivity index (χ1n) is 9.11. The number of furan rings is 1. The Kier molecular flexibility index (Phi) is 5.24. The smallest absolute Gasteiger partial charge is 0.329 e. The summed E-state index contributed by atoms with van der Waals surface area (Å²) in [5.74, 6) is -0.551. The van der Waals surface area contributed by atoms with E-state index in [4.69, 9.17) is 13.6 Å². The number of ether oxygens (including phenoxy) is 1. The van der Waals surface area contributed by atoms with Crippen LogP contribution < -0.4 is 0 Å². The van der Waals surface area contributed by atoms with E-state index < -0.39 is 16.9 Å². The minimum Gasteiger partial charge on any atom is -0.459 e. The third-order valence-electron chi connectivity index (χ3n) is 4.65. The third kappa shape index (κ3) is 3.90. The minimum absolute atomic E-state index is 0.0577. The number of likely N-dealkylation sites (tertiary alicyclic amines) is 1. The monoisotopic (exact) mass is 412 g/mol. The lowest BCUT2D eigenvalue weighted by atomic mass is 10.2. The highest BCUT2D eigenvalue weighted by atomic mass is 16.6. The van der Waals surface area contributed by atoms with Crippen molar-refractivity contribution in [2.24, 2.45) is 0 Å². The molecule has 1 atom stereocenters. The van der Waals surface area contributed by atoms with Crippen molar-refractivity contribution in [2.45, 2.75) is 25.5 Å². The highest BCUT2D eigenvalue weighted by Crippen LogP contribution is 2.23. The van der Waals surface area contributed by atoms with Gasteiger partial charge < -0.3 is 18.5 Å². The first kappa shape index (κ1) is 19.3. The van der Waals surface area contributed by atoms with Crippen LogP contribution in [0.4, 0.5) is 5.69 Å². The predicted octanol–water partition coefficient (Wildman–Crippen LogP) is 2.59. The predicted molar refractivity (Wildman–Crippen MR) is 99.0 cm³/mol. The van der Waals surface area contributed by atoms with Crippen molar-refractivity contribution in [3.05, 3.63) is 64.4 Å². The molecule has 0 radical (unpaired) electrons. The fourth-order valence-electron chi connectivity index (χ4n) is 3.18. The molecule has 0 saturated carbocycles. The van der Waals surface area contributed by atoms with Gasteiger partial charge in [-0.25, -0.2) is 4.79 Å². The van der Waals surface area contributed by atoms with Gasteiger partial charge in [-0.05, 0) is 37.1 Å². The first-order valence-corrected chi connectivity index (χ1v) is 9.11. The fraction of sp³-hybridized carbons (Fsp3) is 0.263. The van der Waals surface area contributed by atoms with Gasteiger partial charge in [0.25, 0.3) is 17.5 Å². The van der Waals surface area contributed by atoms with Gasteiger partial charge in [0.2, 0.25) is 5.89 Å². The third-order valence-corrected chi connectivity index (χ3v) is 4.65. The van der Waals surface area contributed by atoms with Crippen LogP contribution in [-0.4, -0.2) is 44.5 Å². The number of aromatic nitrogens is 2. The van der Waals surface area contributed by atoms with Crippen molar-refractivity contribution in [3.63, 3.8) is 0 Å². The summed E-state index contributed by atoms with van der Waals surface area (Å²) < 4.78 is 15.8. The molecule has 0 N–H and O–H groups in total. The van der Waals surface area contributed by atoms with Crippen LogP contribution in [0.15, 0.2) is 51.5 Å². The van der Waals surface area contributed by atoms with Gasteiger partial charge >= 0.3 is 5.97 Å². The van der Waals surface area contributed by atoms with Gasteiger partial charge in [-0.3, -0.25) is 14.9 Å². The first-order chi connectivity index (χ1) is 14.5. The van der Waals surface area contributed by atoms with Crippen LogP contribution in [0.1, 0.15) is 29.3 Å². The number of non-ortho nitro benzene ring substituents is 1. The second kappa shape index (κ2) is 8.15. The Morgan fingerprint density at radius 3 is 2.73 bits per heavy atom. The summed E-state index contributed by atoms with van der Waals surface area (Å²) in [7, 11) is 0. The van der Waals surface area contributed by atoms with Crippen molar-refractivity contribution in [3.8, 4) is 11.5 Å². The van der Waals surface area contributed by atoms with Gasteiger partial charge in [-0.1, -0.05) is 0 Å². The number of carbonyl (C=O) groups excluding carboxylic acids is 2. The van der Waals surface area contributed by atoms with Crippen LogP contribution in [0, 0.1) is 10.1 Å². The molecule has 3 heterocycles. The average molecular weight is 412 g/mol. The molecule has 1 aromatic carbocycles. The average Bonchev–Trinajstić information content (AvgIpc) is 3.53. The Balaban J connectivity index is 1.37. The Labute approximate surface area is 169 Å². The Bertz CT molecular complexity index is 1060. The summed E-state index contributed by atoms with van der Waals surface area (Å²) in [6.45, 7) is 0.183. The molecule has 11 heteroatoms. The van der Waals surface area contributed by atoms with E-state index in [1.165, 1.54) is 35.4 Å². The van der Waals surface area contributed by atoms with E-state index in [0.717, 1.165) is 0 Å². The van der Waals surface area contributed by atoms with Crippen LogP contribution in [0.2, 0.25) is 0 Å². The number of nitro benzene ring substituents is 1. The van der Waals surface area contributed by atoms with Gasteiger partial charge in [0, 0.05) is 24.2 Å². The number of carbonyl (C=O) groups is 2. The summed E-state index contributed by atoms with van der Waals surface area (Å²) in [5.41, 5.74) is 0.439. The molecule has 0 bridgehead atoms. The number of hydrogen-bond donors (Lipinski definition) is 0. The molecule has 30 heavy (non-hydrogen) atoms. The van der Waals surface area contributed by atoms with Crippen molar-refractivity contribution >= 4 is 17.6 Å². The largest absolute Gasteiger partial charge is 0.459 e. The molecule has 1 aliphatic heterocycles. The molecule has 1 saturated heterocycles. The molecule has 0 spiro atoms. The number of rotatable bonds is 6. The van der Waals surface area contributed by atoms with Gasteiger partial charge in [0.05, 0.1) is 11.2 Å². The van der Waals surface area contributed by atoms with E-state index in [0.29, 0.717) is 24.9 Å². The highest BCUT2D eigenvalue weighted by molar-refractivity contribution is 5.94. The molecule has 11 nitrogen and oxygen atoms in total. The molecule has 0 aliphatic carbocycles. The number of hydrogen-bond acceptors (Lipinski definition) is 9. The van der Waals surface area contributed by atoms with Crippen LogP contribution in [0.25, 0.3) is 11.5 Å². The topological polar surface area (TPSA) is 142 Å². The minimum atomic E-state index is -0.709. The van der Waals surface area contributed by atoms with Crippen molar-refractivity contribution in [1.82, 2.24) is 15.1 Å². The number of nitrogens with zero attached hydrogens (tertiary/aromatic N) is 4. The lowest BCUT2D eigenvalue weighted by molar-refractivity contribution is -0.384. The summed E-state index contributed by atoms with van der Waals surface area (Å²) in [4.78, 5) is 36.6. The molecular weight excluding hydrogens is 396 g/mol. The fourth-order valence-corrected chi connectivity index (χ4v) is 3.18. The Morgan fingerprint density at radius 2 is 2.03 bits per heavy atom. The van der Waals surface area contributed by atoms with E-state index in [-0.39, 0.29) is 35.7 Å². The van der Waals surface area contributed by atoms with Crippen molar-refractivity contribution in [2.75, 3.05) is 6.54 Å². The number of esters is 1. The summed E-state index contributed by atoms with van der Waals surface area (Å²) >= 11 is 0. The number of nitro groups is 1. The maximum atomic E-state index is 12.5. The van der Waals surface area contributed by atoms with Crippen LogP contribution in [0.5, 0.6) is 0 Å². The zero-order valence-corrected chi connectivity index (χ0v) is 15.6. The zero-order valence-electron chi connectivity index (χ0n) is 15.6. The lowest BCUT2D eigenvalue weighted by Crippen LogP contribution is -2.41. The molecule has 2 aromatic heterocycles. The second-order valence-corrected chi connectivity index (χ2v) is 6.55. The van der Waals surface area contributed by atoms with Crippen LogP contribution in [0.3, 0.4) is 0 Å². The van der Waals surface area contributed by atoms with Crippen molar-refractivity contribution in [1.29, 1.82) is 0 Å². The molecule has 154 valence electrons. The molecule has 1 amide bonds. The van der Waals surface area contributed by atoms with E-state index in [2.05, 4.69) is 10.2 Å². The van der Waals surface area contributed by atoms with E-state index in [1.807, 2.05) is 0 Å². The maximum absolute atomic E-state index is 12.5. The molecule has 1 aliphatic rings. The zero-order chi connectivity index (χ0) is 21.1. The normalized spacial score (nSPS) is 15.9. The van der Waals surface area contributed by atoms with Gasteiger partial charge in [0.1, 0.15) is 6.04 Å². The summed E-state index contributed by atoms with van der Waals surface area (Å²) in [6, 6.07) is 8.06. The van der Waals surface area contributed by atoms with Gasteiger partial charge in [-0.15, -0.1) is 10.2 Å². The number of benzene rings is 1. The molecule has 3 aromatic rings. The summed E-state index contributed by atoms with van der Waals surface area (Å²) in [5, 5.41) is 18.4. The molecule has 1 unspecified atom stereocenters. The SMILES string of the molecule is O=C(OCc1nnc(-c2ccc([N+](=O)[O-])cc2)o1)C1CCCN1C(=O)c1ccco1.